The van der Waals surface area contributed by atoms with Crippen molar-refractivity contribution in [2.45, 2.75) is 37.8 Å². The lowest BCUT2D eigenvalue weighted by molar-refractivity contribution is -0.140. The molecule has 4 aromatic rings. The van der Waals surface area contributed by atoms with Crippen molar-refractivity contribution in [1.29, 1.82) is 0 Å². The molecule has 1 N–H and O–H groups in total. The molecule has 11 heteroatoms. The van der Waals surface area contributed by atoms with E-state index in [1.807, 2.05) is 30.3 Å². The maximum atomic E-state index is 14.6. The summed E-state index contributed by atoms with van der Waals surface area (Å²) in [5, 5.41) is 3.45. The summed E-state index contributed by atoms with van der Waals surface area (Å²) in [6.07, 6.45) is 0.168. The van der Waals surface area contributed by atoms with Gasteiger partial charge in [-0.15, -0.1) is 0 Å². The molecule has 0 saturated carbocycles. The quantitative estimate of drug-likeness (QED) is 0.169. The van der Waals surface area contributed by atoms with Gasteiger partial charge in [0.2, 0.25) is 11.8 Å². The third-order valence-corrected chi connectivity index (χ3v) is 9.54. The van der Waals surface area contributed by atoms with Gasteiger partial charge in [-0.1, -0.05) is 89.9 Å². The average Bonchev–Trinajstić information content (AvgIpc) is 3.04. The number of para-hydroxylation sites is 2. The number of sulfonamides is 1. The smallest absolute Gasteiger partial charge is 0.264 e. The second-order valence-electron chi connectivity index (χ2n) is 10.0. The number of hydrogen-bond donors (Lipinski definition) is 1. The molecule has 0 radical (unpaired) electrons. The Labute approximate surface area is 274 Å². The minimum Gasteiger partial charge on any atom is -0.492 e. The number of halogens is 2. The molecule has 1 unspecified atom stereocenters. The van der Waals surface area contributed by atoms with E-state index in [2.05, 4.69) is 5.32 Å². The lowest BCUT2D eigenvalue weighted by Crippen LogP contribution is -2.53. The van der Waals surface area contributed by atoms with E-state index in [1.54, 1.807) is 74.5 Å². The molecule has 4 rings (SSSR count). The summed E-state index contributed by atoms with van der Waals surface area (Å²) >= 11 is 13.1. The number of amides is 2. The van der Waals surface area contributed by atoms with Gasteiger partial charge in [-0.2, -0.15) is 0 Å². The van der Waals surface area contributed by atoms with Crippen LogP contribution < -0.4 is 14.4 Å². The van der Waals surface area contributed by atoms with Crippen molar-refractivity contribution in [3.63, 3.8) is 0 Å². The summed E-state index contributed by atoms with van der Waals surface area (Å²) in [7, 11) is -4.27. The van der Waals surface area contributed by atoms with E-state index in [9.17, 15) is 18.0 Å². The van der Waals surface area contributed by atoms with Crippen LogP contribution in [0.3, 0.4) is 0 Å². The molecule has 0 aliphatic heterocycles. The van der Waals surface area contributed by atoms with E-state index in [1.165, 1.54) is 17.0 Å². The summed E-state index contributed by atoms with van der Waals surface area (Å²) in [4.78, 5) is 29.5. The Morgan fingerprint density at radius 3 is 2.04 bits per heavy atom. The molecule has 0 fully saturated rings. The predicted molar refractivity (Wildman–Crippen MR) is 178 cm³/mol. The van der Waals surface area contributed by atoms with Gasteiger partial charge in [-0.3, -0.25) is 13.9 Å². The minimum atomic E-state index is -4.27. The molecule has 0 aliphatic rings. The van der Waals surface area contributed by atoms with Gasteiger partial charge in [0.15, 0.2) is 0 Å². The zero-order valence-electron chi connectivity index (χ0n) is 25.0. The number of carbonyl (C=O) groups is 2. The van der Waals surface area contributed by atoms with Crippen LogP contribution in [-0.4, -0.2) is 50.9 Å². The van der Waals surface area contributed by atoms with Crippen LogP contribution in [0.5, 0.6) is 5.75 Å². The lowest BCUT2D eigenvalue weighted by Gasteiger charge is -2.34. The first kappa shape index (κ1) is 33.8. The van der Waals surface area contributed by atoms with Crippen molar-refractivity contribution in [1.82, 2.24) is 10.2 Å². The molecule has 2 amide bonds. The molecule has 45 heavy (non-hydrogen) atoms. The molecular weight excluding hydrogens is 633 g/mol. The SMILES string of the molecule is CCNC(=O)C(Cc1ccccc1)N(Cc1c(Cl)cccc1Cl)C(=O)CN(c1ccccc1OCC)S(=O)(=O)c1ccccc1. The fourth-order valence-corrected chi connectivity index (χ4v) is 6.84. The van der Waals surface area contributed by atoms with Crippen molar-refractivity contribution < 1.29 is 22.7 Å². The van der Waals surface area contributed by atoms with Crippen LogP contribution in [0.4, 0.5) is 5.69 Å². The highest BCUT2D eigenvalue weighted by atomic mass is 35.5. The first-order valence-electron chi connectivity index (χ1n) is 14.5. The summed E-state index contributed by atoms with van der Waals surface area (Å²) in [5.41, 5.74) is 1.43. The molecule has 0 heterocycles. The van der Waals surface area contributed by atoms with Gasteiger partial charge in [0.05, 0.1) is 17.2 Å². The highest BCUT2D eigenvalue weighted by molar-refractivity contribution is 7.92. The number of carbonyl (C=O) groups excluding carboxylic acids is 2. The van der Waals surface area contributed by atoms with E-state index < -0.39 is 34.4 Å². The van der Waals surface area contributed by atoms with E-state index in [0.717, 1.165) is 9.87 Å². The fourth-order valence-electron chi connectivity index (χ4n) is 4.87. The summed E-state index contributed by atoms with van der Waals surface area (Å²) in [6, 6.07) is 27.7. The molecule has 8 nitrogen and oxygen atoms in total. The van der Waals surface area contributed by atoms with E-state index in [4.69, 9.17) is 27.9 Å². The van der Waals surface area contributed by atoms with Crippen LogP contribution in [0.2, 0.25) is 10.0 Å². The van der Waals surface area contributed by atoms with Gasteiger partial charge < -0.3 is 15.0 Å². The molecule has 1 atom stereocenters. The molecule has 0 aliphatic carbocycles. The summed E-state index contributed by atoms with van der Waals surface area (Å²) in [6.45, 7) is 3.40. The first-order chi connectivity index (χ1) is 21.7. The molecule has 236 valence electrons. The number of rotatable bonds is 14. The normalized spacial score (nSPS) is 11.8. The van der Waals surface area contributed by atoms with Crippen molar-refractivity contribution >= 4 is 50.7 Å². The van der Waals surface area contributed by atoms with Gasteiger partial charge >= 0.3 is 0 Å². The Hall–Kier alpha value is -4.05. The second kappa shape index (κ2) is 15.8. The lowest BCUT2D eigenvalue weighted by atomic mass is 10.0. The Kier molecular flexibility index (Phi) is 11.9. The van der Waals surface area contributed by atoms with Crippen molar-refractivity contribution in [2.24, 2.45) is 0 Å². The fraction of sp³-hybridized carbons (Fsp3) is 0.235. The van der Waals surface area contributed by atoms with Gasteiger partial charge in [0.25, 0.3) is 10.0 Å². The zero-order chi connectivity index (χ0) is 32.4. The molecule has 0 saturated heterocycles. The highest BCUT2D eigenvalue weighted by Gasteiger charge is 2.36. The first-order valence-corrected chi connectivity index (χ1v) is 16.7. The molecule has 0 bridgehead atoms. The topological polar surface area (TPSA) is 96.0 Å². The summed E-state index contributed by atoms with van der Waals surface area (Å²) < 4.78 is 35.2. The number of nitrogens with zero attached hydrogens (tertiary/aromatic N) is 2. The van der Waals surface area contributed by atoms with Crippen LogP contribution >= 0.6 is 23.2 Å². The van der Waals surface area contributed by atoms with Crippen LogP contribution in [0.15, 0.2) is 108 Å². The maximum absolute atomic E-state index is 14.6. The van der Waals surface area contributed by atoms with Crippen LogP contribution in [0, 0.1) is 0 Å². The third kappa shape index (κ3) is 8.36. The number of nitrogens with one attached hydrogen (secondary N) is 1. The van der Waals surface area contributed by atoms with Gasteiger partial charge in [0, 0.05) is 35.1 Å². The predicted octanol–water partition coefficient (Wildman–Crippen LogP) is 6.36. The molecule has 0 spiro atoms. The highest BCUT2D eigenvalue weighted by Crippen LogP contribution is 2.33. The van der Waals surface area contributed by atoms with E-state index in [0.29, 0.717) is 22.2 Å². The van der Waals surface area contributed by atoms with Crippen molar-refractivity contribution in [3.05, 3.63) is 124 Å². The van der Waals surface area contributed by atoms with E-state index >= 15 is 0 Å². The van der Waals surface area contributed by atoms with Crippen LogP contribution in [0.25, 0.3) is 0 Å². The molecule has 0 aromatic heterocycles. The Balaban J connectivity index is 1.86. The number of ether oxygens (including phenoxy) is 1. The zero-order valence-corrected chi connectivity index (χ0v) is 27.4. The van der Waals surface area contributed by atoms with E-state index in [-0.39, 0.29) is 35.9 Å². The van der Waals surface area contributed by atoms with Gasteiger partial charge in [-0.25, -0.2) is 8.42 Å². The molecule has 4 aromatic carbocycles. The monoisotopic (exact) mass is 667 g/mol. The number of benzene rings is 4. The van der Waals surface area contributed by atoms with Crippen molar-refractivity contribution in [2.75, 3.05) is 24.0 Å². The minimum absolute atomic E-state index is 0.00522. The Morgan fingerprint density at radius 1 is 0.822 bits per heavy atom. The number of hydrogen-bond acceptors (Lipinski definition) is 5. The molecular formula is C34H35Cl2N3O5S. The van der Waals surface area contributed by atoms with Crippen molar-refractivity contribution in [3.8, 4) is 5.75 Å². The van der Waals surface area contributed by atoms with Gasteiger partial charge in [-0.05, 0) is 55.8 Å². The number of anilines is 1. The number of likely N-dealkylation sites (N-methyl/N-ethyl adjacent to an activating group) is 1. The maximum Gasteiger partial charge on any atom is 0.264 e. The largest absolute Gasteiger partial charge is 0.492 e. The summed E-state index contributed by atoms with van der Waals surface area (Å²) in [5.74, 6) is -0.744. The standard InChI is InChI=1S/C34H35Cl2N3O5S/c1-3-37-34(41)31(22-25-14-7-5-8-15-25)38(23-27-28(35)18-13-19-29(27)36)33(40)24-39(30-20-11-12-21-32(30)44-4-2)45(42,43)26-16-9-6-10-17-26/h5-21,31H,3-4,22-24H2,1-2H3,(H,37,41). The Bertz CT molecular complexity index is 1690. The third-order valence-electron chi connectivity index (χ3n) is 7.06. The second-order valence-corrected chi connectivity index (χ2v) is 12.7. The van der Waals surface area contributed by atoms with Crippen LogP contribution in [0.1, 0.15) is 25.0 Å². The average molecular weight is 669 g/mol. The van der Waals surface area contributed by atoms with Gasteiger partial charge in [0.1, 0.15) is 18.3 Å². The Morgan fingerprint density at radius 2 is 1.42 bits per heavy atom. The van der Waals surface area contributed by atoms with Crippen LogP contribution in [-0.2, 0) is 32.6 Å².